The van der Waals surface area contributed by atoms with Crippen molar-refractivity contribution in [3.8, 4) is 0 Å². The number of ether oxygens (including phenoxy) is 1. The number of nitrogens with two attached hydrogens (primary N) is 1. The molecule has 0 saturated carbocycles. The molecule has 0 aliphatic rings. The van der Waals surface area contributed by atoms with E-state index >= 15 is 0 Å². The number of halogens is 1. The van der Waals surface area contributed by atoms with Gasteiger partial charge in [-0.1, -0.05) is 49.2 Å². The molecule has 0 atom stereocenters. The fourth-order valence-corrected chi connectivity index (χ4v) is 2.06. The molecule has 0 spiro atoms. The van der Waals surface area contributed by atoms with Gasteiger partial charge in [0, 0.05) is 17.0 Å². The van der Waals surface area contributed by atoms with Crippen molar-refractivity contribution in [2.45, 2.75) is 39.7 Å². The van der Waals surface area contributed by atoms with Gasteiger partial charge in [-0.05, 0) is 30.5 Å². The van der Waals surface area contributed by atoms with Crippen molar-refractivity contribution in [1.29, 1.82) is 0 Å². The van der Waals surface area contributed by atoms with Gasteiger partial charge >= 0.3 is 0 Å². The van der Waals surface area contributed by atoms with Crippen LogP contribution in [-0.2, 0) is 11.3 Å². The lowest BCUT2D eigenvalue weighted by Crippen LogP contribution is -2.31. The fourth-order valence-electron chi connectivity index (χ4n) is 1.85. The predicted octanol–water partition coefficient (Wildman–Crippen LogP) is 3.80. The molecule has 0 bridgehead atoms. The number of hydrogen-bond donors (Lipinski definition) is 2. The lowest BCUT2D eigenvalue weighted by molar-refractivity contribution is 0.115. The van der Waals surface area contributed by atoms with E-state index in [4.69, 9.17) is 27.3 Å². The van der Waals surface area contributed by atoms with Crippen molar-refractivity contribution >= 4 is 17.4 Å². The molecule has 1 aromatic rings. The second-order valence-electron chi connectivity index (χ2n) is 5.51. The van der Waals surface area contributed by atoms with E-state index in [9.17, 15) is 0 Å². The number of amidine groups is 1. The maximum atomic E-state index is 8.69. The summed E-state index contributed by atoms with van der Waals surface area (Å²) >= 11 is 5.90. The lowest BCUT2D eigenvalue weighted by Gasteiger charge is -2.22. The zero-order chi connectivity index (χ0) is 15.0. The first-order chi connectivity index (χ1) is 9.45. The van der Waals surface area contributed by atoms with Gasteiger partial charge in [0.1, 0.15) is 5.84 Å². The third kappa shape index (κ3) is 5.80. The summed E-state index contributed by atoms with van der Waals surface area (Å²) in [6.45, 7) is 5.20. The smallest absolute Gasteiger partial charge is 0.144 e. The van der Waals surface area contributed by atoms with Crippen LogP contribution in [0.15, 0.2) is 29.4 Å². The Kier molecular flexibility index (Phi) is 6.82. The molecule has 4 nitrogen and oxygen atoms in total. The van der Waals surface area contributed by atoms with Crippen molar-refractivity contribution < 1.29 is 9.94 Å². The molecule has 1 aromatic carbocycles. The van der Waals surface area contributed by atoms with Gasteiger partial charge in [0.25, 0.3) is 0 Å². The van der Waals surface area contributed by atoms with Crippen LogP contribution >= 0.6 is 11.6 Å². The van der Waals surface area contributed by atoms with Crippen LogP contribution in [0.5, 0.6) is 0 Å². The zero-order valence-corrected chi connectivity index (χ0v) is 12.9. The van der Waals surface area contributed by atoms with Gasteiger partial charge in [0.05, 0.1) is 6.61 Å². The zero-order valence-electron chi connectivity index (χ0n) is 12.1. The molecule has 0 aliphatic heterocycles. The molecule has 0 saturated heterocycles. The highest BCUT2D eigenvalue weighted by Gasteiger charge is 2.22. The Morgan fingerprint density at radius 1 is 1.40 bits per heavy atom. The van der Waals surface area contributed by atoms with Gasteiger partial charge < -0.3 is 15.7 Å². The molecular weight excluding hydrogens is 276 g/mol. The molecule has 0 amide bonds. The van der Waals surface area contributed by atoms with Crippen molar-refractivity contribution in [3.63, 3.8) is 0 Å². The van der Waals surface area contributed by atoms with E-state index in [1.165, 1.54) is 0 Å². The van der Waals surface area contributed by atoms with Gasteiger partial charge in [0.15, 0.2) is 0 Å². The molecule has 5 heteroatoms. The van der Waals surface area contributed by atoms with E-state index in [1.807, 2.05) is 38.1 Å². The van der Waals surface area contributed by atoms with E-state index in [0.29, 0.717) is 13.2 Å². The molecular formula is C15H23ClN2O2. The molecule has 0 unspecified atom stereocenters. The Bertz CT molecular complexity index is 447. The summed E-state index contributed by atoms with van der Waals surface area (Å²) in [5.74, 6) is 0.275. The Morgan fingerprint density at radius 3 is 2.80 bits per heavy atom. The molecule has 1 rings (SSSR count). The van der Waals surface area contributed by atoms with Crippen LogP contribution in [0, 0.1) is 5.41 Å². The van der Waals surface area contributed by atoms with E-state index in [0.717, 1.165) is 29.8 Å². The average Bonchev–Trinajstić information content (AvgIpc) is 2.41. The molecule has 0 radical (unpaired) electrons. The summed E-state index contributed by atoms with van der Waals surface area (Å²) in [5, 5.41) is 12.5. The lowest BCUT2D eigenvalue weighted by atomic mass is 9.86. The van der Waals surface area contributed by atoms with E-state index in [-0.39, 0.29) is 11.3 Å². The molecule has 0 aromatic heterocycles. The largest absolute Gasteiger partial charge is 0.409 e. The highest BCUT2D eigenvalue weighted by molar-refractivity contribution is 6.30. The van der Waals surface area contributed by atoms with Crippen molar-refractivity contribution in [1.82, 2.24) is 0 Å². The van der Waals surface area contributed by atoms with Gasteiger partial charge in [0.2, 0.25) is 0 Å². The Morgan fingerprint density at radius 2 is 2.15 bits per heavy atom. The summed E-state index contributed by atoms with van der Waals surface area (Å²) < 4.78 is 5.61. The van der Waals surface area contributed by atoms with Crippen LogP contribution < -0.4 is 5.73 Å². The third-order valence-corrected chi connectivity index (χ3v) is 3.53. The van der Waals surface area contributed by atoms with Gasteiger partial charge in [-0.2, -0.15) is 0 Å². The molecule has 3 N–H and O–H groups in total. The van der Waals surface area contributed by atoms with Crippen LogP contribution in [0.1, 0.15) is 38.7 Å². The minimum atomic E-state index is -0.276. The molecule has 20 heavy (non-hydrogen) atoms. The number of hydrogen-bond acceptors (Lipinski definition) is 3. The van der Waals surface area contributed by atoms with Gasteiger partial charge in [-0.25, -0.2) is 0 Å². The monoisotopic (exact) mass is 298 g/mol. The normalized spacial score (nSPS) is 12.7. The predicted molar refractivity (Wildman–Crippen MR) is 82.1 cm³/mol. The number of unbranched alkanes of at least 4 members (excludes halogenated alkanes) is 1. The topological polar surface area (TPSA) is 67.8 Å². The fraction of sp³-hybridized carbons (Fsp3) is 0.533. The highest BCUT2D eigenvalue weighted by Crippen LogP contribution is 2.23. The summed E-state index contributed by atoms with van der Waals surface area (Å²) in [7, 11) is 0. The molecule has 0 aliphatic carbocycles. The quantitative estimate of drug-likeness (QED) is 0.252. The number of nitrogens with zero attached hydrogens (tertiary/aromatic N) is 1. The van der Waals surface area contributed by atoms with Crippen LogP contribution in [0.4, 0.5) is 0 Å². The number of benzene rings is 1. The summed E-state index contributed by atoms with van der Waals surface area (Å²) in [5.41, 5.74) is 6.44. The average molecular weight is 299 g/mol. The first kappa shape index (κ1) is 16.8. The SMILES string of the molecule is CC(C)(CCCCOCc1cccc(Cl)c1)/C(N)=N/O. The molecule has 0 fully saturated rings. The summed E-state index contributed by atoms with van der Waals surface area (Å²) in [6.07, 6.45) is 2.78. The van der Waals surface area contributed by atoms with Crippen molar-refractivity contribution in [3.05, 3.63) is 34.9 Å². The molecule has 0 heterocycles. The van der Waals surface area contributed by atoms with Crippen LogP contribution in [0.3, 0.4) is 0 Å². The standard InChI is InChI=1S/C15H23ClN2O2/c1-15(2,14(17)18-19)8-3-4-9-20-11-12-6-5-7-13(16)10-12/h5-7,10,19H,3-4,8-9,11H2,1-2H3,(H2,17,18). The van der Waals surface area contributed by atoms with Crippen LogP contribution in [0.25, 0.3) is 0 Å². The van der Waals surface area contributed by atoms with Crippen molar-refractivity contribution in [2.75, 3.05) is 6.61 Å². The number of rotatable bonds is 8. The Balaban J connectivity index is 2.17. The summed E-state index contributed by atoms with van der Waals surface area (Å²) in [4.78, 5) is 0. The van der Waals surface area contributed by atoms with Crippen molar-refractivity contribution in [2.24, 2.45) is 16.3 Å². The maximum Gasteiger partial charge on any atom is 0.144 e. The first-order valence-corrected chi connectivity index (χ1v) is 7.14. The van der Waals surface area contributed by atoms with E-state index < -0.39 is 0 Å². The van der Waals surface area contributed by atoms with Crippen LogP contribution in [-0.4, -0.2) is 17.6 Å². The first-order valence-electron chi connectivity index (χ1n) is 6.76. The minimum Gasteiger partial charge on any atom is -0.409 e. The highest BCUT2D eigenvalue weighted by atomic mass is 35.5. The maximum absolute atomic E-state index is 8.69. The number of oxime groups is 1. The third-order valence-electron chi connectivity index (χ3n) is 3.30. The van der Waals surface area contributed by atoms with Gasteiger partial charge in [-0.3, -0.25) is 0 Å². The summed E-state index contributed by atoms with van der Waals surface area (Å²) in [6, 6.07) is 7.66. The van der Waals surface area contributed by atoms with E-state index in [2.05, 4.69) is 5.16 Å². The second-order valence-corrected chi connectivity index (χ2v) is 5.95. The molecule has 112 valence electrons. The van der Waals surface area contributed by atoms with E-state index in [1.54, 1.807) is 0 Å². The minimum absolute atomic E-state index is 0.275. The van der Waals surface area contributed by atoms with Gasteiger partial charge in [-0.15, -0.1) is 0 Å². The second kappa shape index (κ2) is 8.12. The van der Waals surface area contributed by atoms with Crippen LogP contribution in [0.2, 0.25) is 5.02 Å². The Hall–Kier alpha value is -1.26. The Labute approximate surface area is 125 Å².